The lowest BCUT2D eigenvalue weighted by Gasteiger charge is -2.41. The van der Waals surface area contributed by atoms with Gasteiger partial charge in [0.1, 0.15) is 0 Å². The van der Waals surface area contributed by atoms with E-state index >= 15 is 0 Å². The summed E-state index contributed by atoms with van der Waals surface area (Å²) in [6.45, 7) is 3.08. The Hall–Kier alpha value is -0.660. The molecule has 1 atom stereocenters. The number of nitrogens with one attached hydrogen (secondary N) is 2. The molecule has 90 valence electrons. The van der Waals surface area contributed by atoms with Crippen LogP contribution >= 0.6 is 11.8 Å². The third-order valence-electron chi connectivity index (χ3n) is 3.19. The number of carbonyl (C=O) groups excluding carboxylic acids is 1. The van der Waals surface area contributed by atoms with E-state index < -0.39 is 0 Å². The summed E-state index contributed by atoms with van der Waals surface area (Å²) in [7, 11) is 0. The molecule has 1 amide bonds. The molecule has 1 fully saturated rings. The molecule has 16 heavy (non-hydrogen) atoms. The largest absolute Gasteiger partial charge is 0.344 e. The Morgan fingerprint density at radius 1 is 1.62 bits per heavy atom. The van der Waals surface area contributed by atoms with Gasteiger partial charge in [-0.05, 0) is 26.0 Å². The molecule has 0 aromatic rings. The van der Waals surface area contributed by atoms with Gasteiger partial charge < -0.3 is 10.6 Å². The summed E-state index contributed by atoms with van der Waals surface area (Å²) in [5.41, 5.74) is 0. The van der Waals surface area contributed by atoms with Crippen LogP contribution in [0, 0.1) is 12.3 Å². The SMILES string of the molecule is C#CCNC(=O)C(C)NCC1(SC)CCC1. The van der Waals surface area contributed by atoms with Crippen LogP contribution < -0.4 is 10.6 Å². The maximum atomic E-state index is 11.5. The molecule has 4 heteroatoms. The molecule has 0 saturated heterocycles. The van der Waals surface area contributed by atoms with Crippen molar-refractivity contribution in [2.24, 2.45) is 0 Å². The fourth-order valence-corrected chi connectivity index (χ4v) is 2.67. The van der Waals surface area contributed by atoms with Crippen molar-refractivity contribution in [2.45, 2.75) is 37.0 Å². The van der Waals surface area contributed by atoms with Crippen LogP contribution in [0.3, 0.4) is 0 Å². The molecule has 0 radical (unpaired) electrons. The van der Waals surface area contributed by atoms with E-state index in [1.165, 1.54) is 19.3 Å². The molecular formula is C12H20N2OS. The maximum absolute atomic E-state index is 11.5. The zero-order valence-corrected chi connectivity index (χ0v) is 10.8. The number of hydrogen-bond acceptors (Lipinski definition) is 3. The van der Waals surface area contributed by atoms with Gasteiger partial charge in [-0.25, -0.2) is 0 Å². The Morgan fingerprint density at radius 3 is 2.75 bits per heavy atom. The Balaban J connectivity index is 2.26. The van der Waals surface area contributed by atoms with Crippen molar-refractivity contribution in [1.29, 1.82) is 0 Å². The maximum Gasteiger partial charge on any atom is 0.237 e. The summed E-state index contributed by atoms with van der Waals surface area (Å²) >= 11 is 1.90. The van der Waals surface area contributed by atoms with Crippen LogP contribution in [0.1, 0.15) is 26.2 Å². The Bertz CT molecular complexity index is 276. The molecule has 1 aliphatic carbocycles. The van der Waals surface area contributed by atoms with Crippen LogP contribution in [0.5, 0.6) is 0 Å². The molecule has 1 unspecified atom stereocenters. The zero-order chi connectivity index (χ0) is 12.0. The van der Waals surface area contributed by atoms with Crippen LogP contribution in [0.2, 0.25) is 0 Å². The topological polar surface area (TPSA) is 41.1 Å². The van der Waals surface area contributed by atoms with Crippen molar-refractivity contribution in [3.63, 3.8) is 0 Å². The second-order valence-corrected chi connectivity index (χ2v) is 5.54. The summed E-state index contributed by atoms with van der Waals surface area (Å²) in [6.07, 6.45) is 11.0. The van der Waals surface area contributed by atoms with Crippen molar-refractivity contribution < 1.29 is 4.79 Å². The van der Waals surface area contributed by atoms with Gasteiger partial charge in [-0.15, -0.1) is 6.42 Å². The third-order valence-corrected chi connectivity index (χ3v) is 4.60. The van der Waals surface area contributed by atoms with E-state index in [0.717, 1.165) is 6.54 Å². The van der Waals surface area contributed by atoms with Gasteiger partial charge in [-0.2, -0.15) is 11.8 Å². The van der Waals surface area contributed by atoms with Crippen LogP contribution in [0.15, 0.2) is 0 Å². The van der Waals surface area contributed by atoms with Gasteiger partial charge in [0.05, 0.1) is 12.6 Å². The molecule has 0 heterocycles. The summed E-state index contributed by atoms with van der Waals surface area (Å²) in [5, 5.41) is 5.96. The Kier molecular flexibility index (Phi) is 5.17. The van der Waals surface area contributed by atoms with Gasteiger partial charge in [0.2, 0.25) is 5.91 Å². The average Bonchev–Trinajstić information content (AvgIpc) is 2.24. The van der Waals surface area contributed by atoms with E-state index in [-0.39, 0.29) is 11.9 Å². The lowest BCUT2D eigenvalue weighted by molar-refractivity contribution is -0.122. The Labute approximate surface area is 102 Å². The fourth-order valence-electron chi connectivity index (χ4n) is 1.75. The number of thioether (sulfide) groups is 1. The zero-order valence-electron chi connectivity index (χ0n) is 10.0. The van der Waals surface area contributed by atoms with Gasteiger partial charge in [-0.3, -0.25) is 4.79 Å². The Morgan fingerprint density at radius 2 is 2.31 bits per heavy atom. The van der Waals surface area contributed by atoms with Gasteiger partial charge in [0.15, 0.2) is 0 Å². The highest BCUT2D eigenvalue weighted by Gasteiger charge is 2.36. The minimum absolute atomic E-state index is 0.0199. The first-order valence-corrected chi connectivity index (χ1v) is 6.86. The first-order chi connectivity index (χ1) is 7.63. The van der Waals surface area contributed by atoms with Gasteiger partial charge >= 0.3 is 0 Å². The number of hydrogen-bond donors (Lipinski definition) is 2. The highest BCUT2D eigenvalue weighted by atomic mass is 32.2. The van der Waals surface area contributed by atoms with Gasteiger partial charge in [0, 0.05) is 11.3 Å². The predicted molar refractivity (Wildman–Crippen MR) is 69.4 cm³/mol. The number of carbonyl (C=O) groups is 1. The normalized spacial score (nSPS) is 19.3. The van der Waals surface area contributed by atoms with Crippen LogP contribution in [-0.2, 0) is 4.79 Å². The molecule has 0 aromatic heterocycles. The highest BCUT2D eigenvalue weighted by molar-refractivity contribution is 8.00. The highest BCUT2D eigenvalue weighted by Crippen LogP contribution is 2.42. The van der Waals surface area contributed by atoms with E-state index in [9.17, 15) is 4.79 Å². The molecule has 0 aromatic carbocycles. The summed E-state index contributed by atoms with van der Waals surface area (Å²) in [6, 6.07) is -0.169. The summed E-state index contributed by atoms with van der Waals surface area (Å²) in [5.74, 6) is 2.38. The van der Waals surface area contributed by atoms with Crippen molar-refractivity contribution >= 4 is 17.7 Å². The van der Waals surface area contributed by atoms with Crippen molar-refractivity contribution in [3.8, 4) is 12.3 Å². The standard InChI is InChI=1S/C12H20N2OS/c1-4-8-13-11(15)10(2)14-9-12(16-3)6-5-7-12/h1,10,14H,5-9H2,2-3H3,(H,13,15). The second-order valence-electron chi connectivity index (χ2n) is 4.27. The van der Waals surface area contributed by atoms with E-state index in [4.69, 9.17) is 6.42 Å². The third kappa shape index (κ3) is 3.43. The minimum Gasteiger partial charge on any atom is -0.344 e. The molecule has 1 aliphatic rings. The minimum atomic E-state index is -0.169. The fraction of sp³-hybridized carbons (Fsp3) is 0.750. The number of rotatable bonds is 6. The lowest BCUT2D eigenvalue weighted by atomic mass is 9.84. The number of amides is 1. The molecule has 1 saturated carbocycles. The molecule has 2 N–H and O–H groups in total. The number of terminal acetylenes is 1. The van der Waals surface area contributed by atoms with E-state index in [0.29, 0.717) is 11.3 Å². The summed E-state index contributed by atoms with van der Waals surface area (Å²) < 4.78 is 0.362. The molecule has 1 rings (SSSR count). The summed E-state index contributed by atoms with van der Waals surface area (Å²) in [4.78, 5) is 11.5. The first-order valence-electron chi connectivity index (χ1n) is 5.63. The molecule has 0 spiro atoms. The van der Waals surface area contributed by atoms with Crippen molar-refractivity contribution in [2.75, 3.05) is 19.3 Å². The molecule has 3 nitrogen and oxygen atoms in total. The smallest absolute Gasteiger partial charge is 0.237 e. The molecule has 0 bridgehead atoms. The molecular weight excluding hydrogens is 220 g/mol. The van der Waals surface area contributed by atoms with Gasteiger partial charge in [-0.1, -0.05) is 12.3 Å². The van der Waals surface area contributed by atoms with Crippen LogP contribution in [0.25, 0.3) is 0 Å². The van der Waals surface area contributed by atoms with E-state index in [2.05, 4.69) is 22.8 Å². The van der Waals surface area contributed by atoms with E-state index in [1.54, 1.807) is 0 Å². The van der Waals surface area contributed by atoms with Gasteiger partial charge in [0.25, 0.3) is 0 Å². The van der Waals surface area contributed by atoms with Crippen LogP contribution in [-0.4, -0.2) is 36.0 Å². The monoisotopic (exact) mass is 240 g/mol. The lowest BCUT2D eigenvalue weighted by Crippen LogP contribution is -2.50. The van der Waals surface area contributed by atoms with E-state index in [1.807, 2.05) is 18.7 Å². The molecule has 0 aliphatic heterocycles. The van der Waals surface area contributed by atoms with Crippen molar-refractivity contribution in [3.05, 3.63) is 0 Å². The second kappa shape index (κ2) is 6.17. The predicted octanol–water partition coefficient (Wildman–Crippen LogP) is 1.000. The first kappa shape index (κ1) is 13.4. The average molecular weight is 240 g/mol. The van der Waals surface area contributed by atoms with Crippen molar-refractivity contribution in [1.82, 2.24) is 10.6 Å². The van der Waals surface area contributed by atoms with Crippen LogP contribution in [0.4, 0.5) is 0 Å². The quantitative estimate of drug-likeness (QED) is 0.681.